The number of hydrogen-bond donors (Lipinski definition) is 3. The van der Waals surface area contributed by atoms with Gasteiger partial charge >= 0.3 is 0 Å². The predicted molar refractivity (Wildman–Crippen MR) is 189 cm³/mol. The standard InChI is InChI=1S/C38H44F2N4O4S/c1-26-11-15-29(16-12-26)34(21-27-13-17-30(39)18-14-27)37(41)38(45)43-36-10-6-9-35(40)33(36)20-19-31-22-42-23-32(44(31)49(2,46)47)25-48-24-28-7-4-3-5-8-28/h3-18,31-32,34,37,42H,19-25,41H2,1-2H3,(H,43,45)/t31-,32?,34-,37-/m0/s1. The number of carbonyl (C=O) groups excluding carboxylic acids is 1. The molecule has 1 unspecified atom stereocenters. The van der Waals surface area contributed by atoms with Gasteiger partial charge in [-0.1, -0.05) is 78.4 Å². The Hall–Kier alpha value is -4.00. The fraction of sp³-hybridized carbons (Fsp3) is 0.342. The Morgan fingerprint density at radius 1 is 0.939 bits per heavy atom. The molecule has 0 saturated carbocycles. The van der Waals surface area contributed by atoms with E-state index in [1.54, 1.807) is 18.2 Å². The van der Waals surface area contributed by atoms with Gasteiger partial charge in [0.25, 0.3) is 0 Å². The van der Waals surface area contributed by atoms with Crippen LogP contribution in [-0.2, 0) is 39.0 Å². The van der Waals surface area contributed by atoms with E-state index in [1.165, 1.54) is 34.8 Å². The van der Waals surface area contributed by atoms with Crippen LogP contribution in [0.2, 0.25) is 0 Å². The van der Waals surface area contributed by atoms with Gasteiger partial charge in [-0.3, -0.25) is 4.79 Å². The van der Waals surface area contributed by atoms with Crippen LogP contribution in [-0.4, -0.2) is 62.7 Å². The molecule has 0 aromatic heterocycles. The van der Waals surface area contributed by atoms with Crippen molar-refractivity contribution >= 4 is 21.6 Å². The number of nitrogens with one attached hydrogen (secondary N) is 2. The maximum atomic E-state index is 15.4. The van der Waals surface area contributed by atoms with Crippen molar-refractivity contribution in [3.8, 4) is 0 Å². The molecule has 8 nitrogen and oxygen atoms in total. The Labute approximate surface area is 287 Å². The van der Waals surface area contributed by atoms with Crippen molar-refractivity contribution in [1.82, 2.24) is 9.62 Å². The Morgan fingerprint density at radius 3 is 2.33 bits per heavy atom. The minimum Gasteiger partial charge on any atom is -0.375 e. The number of benzene rings is 4. The Bertz CT molecular complexity index is 1790. The fourth-order valence-corrected chi connectivity index (χ4v) is 7.86. The highest BCUT2D eigenvalue weighted by atomic mass is 32.2. The predicted octanol–water partition coefficient (Wildman–Crippen LogP) is 5.32. The molecule has 4 aromatic carbocycles. The van der Waals surface area contributed by atoms with Crippen LogP contribution < -0.4 is 16.4 Å². The van der Waals surface area contributed by atoms with E-state index in [2.05, 4.69) is 10.6 Å². The minimum atomic E-state index is -3.63. The van der Waals surface area contributed by atoms with E-state index < -0.39 is 45.8 Å². The molecule has 1 aliphatic rings. The lowest BCUT2D eigenvalue weighted by Crippen LogP contribution is -2.60. The van der Waals surface area contributed by atoms with Crippen LogP contribution in [0.25, 0.3) is 0 Å². The third kappa shape index (κ3) is 9.80. The van der Waals surface area contributed by atoms with Crippen molar-refractivity contribution in [2.45, 2.75) is 56.8 Å². The first-order valence-electron chi connectivity index (χ1n) is 16.5. The van der Waals surface area contributed by atoms with E-state index in [9.17, 15) is 17.6 Å². The van der Waals surface area contributed by atoms with E-state index in [-0.39, 0.29) is 30.1 Å². The molecular weight excluding hydrogens is 647 g/mol. The van der Waals surface area contributed by atoms with Gasteiger partial charge in [0.1, 0.15) is 11.6 Å². The van der Waals surface area contributed by atoms with Crippen molar-refractivity contribution in [3.63, 3.8) is 0 Å². The molecule has 49 heavy (non-hydrogen) atoms. The van der Waals surface area contributed by atoms with Gasteiger partial charge in [0.2, 0.25) is 15.9 Å². The van der Waals surface area contributed by atoms with Gasteiger partial charge < -0.3 is 21.1 Å². The first-order chi connectivity index (χ1) is 23.5. The highest BCUT2D eigenvalue weighted by Crippen LogP contribution is 2.28. The maximum Gasteiger partial charge on any atom is 0.241 e. The number of piperazine rings is 1. The second-order valence-electron chi connectivity index (χ2n) is 12.7. The van der Waals surface area contributed by atoms with E-state index in [1.807, 2.05) is 61.5 Å². The van der Waals surface area contributed by atoms with Gasteiger partial charge in [0.15, 0.2) is 0 Å². The molecule has 0 bridgehead atoms. The van der Waals surface area contributed by atoms with Crippen LogP contribution in [0.3, 0.4) is 0 Å². The van der Waals surface area contributed by atoms with Gasteiger partial charge in [-0.25, -0.2) is 17.2 Å². The number of nitrogens with zero attached hydrogens (tertiary/aromatic N) is 1. The number of halogens is 2. The van der Waals surface area contributed by atoms with Crippen molar-refractivity contribution in [2.75, 3.05) is 31.3 Å². The molecular formula is C38H44F2N4O4S. The smallest absolute Gasteiger partial charge is 0.241 e. The fourth-order valence-electron chi connectivity index (χ4n) is 6.46. The largest absolute Gasteiger partial charge is 0.375 e. The highest BCUT2D eigenvalue weighted by Gasteiger charge is 2.37. The van der Waals surface area contributed by atoms with Crippen LogP contribution in [0.15, 0.2) is 97.1 Å². The molecule has 1 heterocycles. The Balaban J connectivity index is 1.30. The van der Waals surface area contributed by atoms with Gasteiger partial charge in [-0.2, -0.15) is 4.31 Å². The SMILES string of the molecule is Cc1ccc([C@H](Cc2ccc(F)cc2)[C@H](N)C(=O)Nc2cccc(F)c2CC[C@H]2CNCC(COCc3ccccc3)N2S(C)(=O)=O)cc1. The lowest BCUT2D eigenvalue weighted by molar-refractivity contribution is -0.117. The van der Waals surface area contributed by atoms with Crippen LogP contribution in [0.4, 0.5) is 14.5 Å². The molecule has 1 aliphatic heterocycles. The summed E-state index contributed by atoms with van der Waals surface area (Å²) >= 11 is 0. The van der Waals surface area contributed by atoms with E-state index in [4.69, 9.17) is 10.5 Å². The van der Waals surface area contributed by atoms with E-state index in [0.29, 0.717) is 32.5 Å². The quantitative estimate of drug-likeness (QED) is 0.165. The second kappa shape index (κ2) is 16.6. The molecule has 4 aromatic rings. The van der Waals surface area contributed by atoms with Crippen molar-refractivity contribution in [3.05, 3.63) is 137 Å². The number of aryl methyl sites for hydroxylation is 1. The molecule has 260 valence electrons. The van der Waals surface area contributed by atoms with Gasteiger partial charge in [-0.05, 0) is 67.1 Å². The van der Waals surface area contributed by atoms with Crippen molar-refractivity contribution < 1.29 is 26.7 Å². The average molecular weight is 691 g/mol. The average Bonchev–Trinajstić information content (AvgIpc) is 3.08. The molecule has 1 saturated heterocycles. The topological polar surface area (TPSA) is 114 Å². The highest BCUT2D eigenvalue weighted by molar-refractivity contribution is 7.88. The zero-order valence-electron chi connectivity index (χ0n) is 27.8. The molecule has 1 fully saturated rings. The molecule has 4 N–H and O–H groups in total. The summed E-state index contributed by atoms with van der Waals surface area (Å²) in [4.78, 5) is 13.7. The van der Waals surface area contributed by atoms with Crippen LogP contribution in [0.5, 0.6) is 0 Å². The summed E-state index contributed by atoms with van der Waals surface area (Å²) in [6.45, 7) is 3.34. The van der Waals surface area contributed by atoms with E-state index >= 15 is 4.39 Å². The zero-order chi connectivity index (χ0) is 35.0. The monoisotopic (exact) mass is 690 g/mol. The molecule has 0 aliphatic carbocycles. The van der Waals surface area contributed by atoms with Crippen molar-refractivity contribution in [1.29, 1.82) is 0 Å². The summed E-state index contributed by atoms with van der Waals surface area (Å²) in [5.41, 5.74) is 10.9. The summed E-state index contributed by atoms with van der Waals surface area (Å²) in [6, 6.07) is 26.0. The number of hydrogen-bond acceptors (Lipinski definition) is 6. The van der Waals surface area contributed by atoms with Crippen LogP contribution in [0, 0.1) is 18.6 Å². The van der Waals surface area contributed by atoms with Crippen LogP contribution in [0.1, 0.15) is 40.2 Å². The first kappa shape index (κ1) is 36.3. The minimum absolute atomic E-state index is 0.171. The van der Waals surface area contributed by atoms with Gasteiger partial charge in [0.05, 0.1) is 31.6 Å². The summed E-state index contributed by atoms with van der Waals surface area (Å²) in [6.07, 6.45) is 2.05. The molecule has 0 radical (unpaired) electrons. The van der Waals surface area contributed by atoms with Gasteiger partial charge in [-0.15, -0.1) is 0 Å². The Kier molecular flexibility index (Phi) is 12.3. The lowest BCUT2D eigenvalue weighted by atomic mass is 9.85. The molecule has 11 heteroatoms. The second-order valence-corrected chi connectivity index (χ2v) is 14.6. The summed E-state index contributed by atoms with van der Waals surface area (Å²) in [5.74, 6) is -1.80. The number of sulfonamides is 1. The third-order valence-corrected chi connectivity index (χ3v) is 10.4. The number of carbonyl (C=O) groups is 1. The van der Waals surface area contributed by atoms with E-state index in [0.717, 1.165) is 22.3 Å². The molecule has 4 atom stereocenters. The zero-order valence-corrected chi connectivity index (χ0v) is 28.6. The van der Waals surface area contributed by atoms with Crippen molar-refractivity contribution in [2.24, 2.45) is 5.73 Å². The third-order valence-electron chi connectivity index (χ3n) is 9.00. The molecule has 1 amide bonds. The number of amides is 1. The number of ether oxygens (including phenoxy) is 1. The Morgan fingerprint density at radius 2 is 1.63 bits per heavy atom. The normalized spacial score (nSPS) is 18.1. The summed E-state index contributed by atoms with van der Waals surface area (Å²) < 4.78 is 62.5. The number of nitrogens with two attached hydrogens (primary N) is 1. The van der Waals surface area contributed by atoms with Gasteiger partial charge in [0, 0.05) is 36.3 Å². The lowest BCUT2D eigenvalue weighted by Gasteiger charge is -2.40. The number of anilines is 1. The first-order valence-corrected chi connectivity index (χ1v) is 18.3. The maximum absolute atomic E-state index is 15.4. The molecule has 5 rings (SSSR count). The summed E-state index contributed by atoms with van der Waals surface area (Å²) in [7, 11) is -3.63. The number of rotatable bonds is 14. The van der Waals surface area contributed by atoms with Crippen LogP contribution >= 0.6 is 0 Å². The summed E-state index contributed by atoms with van der Waals surface area (Å²) in [5, 5.41) is 6.17. The molecule has 0 spiro atoms.